The molecule has 3 heterocycles. The third kappa shape index (κ3) is 1.49. The van der Waals surface area contributed by atoms with E-state index in [0.29, 0.717) is 0 Å². The second-order valence-electron chi connectivity index (χ2n) is 4.02. The predicted molar refractivity (Wildman–Crippen MR) is 58.7 cm³/mol. The van der Waals surface area contributed by atoms with Crippen molar-refractivity contribution in [2.75, 3.05) is 12.3 Å². The van der Waals surface area contributed by atoms with Crippen LogP contribution >= 0.6 is 0 Å². The monoisotopic (exact) mass is 253 g/mol. The van der Waals surface area contributed by atoms with E-state index >= 15 is 0 Å². The van der Waals surface area contributed by atoms with Gasteiger partial charge in [-0.1, -0.05) is 0 Å². The summed E-state index contributed by atoms with van der Waals surface area (Å²) in [5, 5.41) is 19.2. The molecule has 0 bridgehead atoms. The molecule has 0 amide bonds. The molecule has 1 saturated heterocycles. The molecule has 9 nitrogen and oxygen atoms in total. The number of nitrogens with two attached hydrogens (primary N) is 1. The van der Waals surface area contributed by atoms with Crippen LogP contribution in [0, 0.1) is 0 Å². The molecule has 96 valence electrons. The molecule has 0 aromatic carbocycles. The maximum atomic E-state index is 11.5. The highest BCUT2D eigenvalue weighted by atomic mass is 16.5. The topological polar surface area (TPSA) is 128 Å². The number of aliphatic hydroxyl groups excluding tert-OH is 2. The summed E-state index contributed by atoms with van der Waals surface area (Å²) in [7, 11) is 0. The van der Waals surface area contributed by atoms with Crippen LogP contribution in [0.4, 0.5) is 5.95 Å². The highest BCUT2D eigenvalue weighted by Crippen LogP contribution is 2.25. The predicted octanol–water partition coefficient (Wildman–Crippen LogP) is -2.28. The van der Waals surface area contributed by atoms with E-state index in [1.165, 1.54) is 21.4 Å². The minimum atomic E-state index is -1.09. The molecule has 0 saturated carbocycles. The fourth-order valence-electron chi connectivity index (χ4n) is 1.96. The van der Waals surface area contributed by atoms with Crippen molar-refractivity contribution in [1.29, 1.82) is 0 Å². The number of anilines is 1. The first-order valence-electron chi connectivity index (χ1n) is 5.28. The van der Waals surface area contributed by atoms with E-state index in [1.54, 1.807) is 0 Å². The Bertz CT molecular complexity index is 650. The van der Waals surface area contributed by atoms with Gasteiger partial charge in [0, 0.05) is 12.4 Å². The minimum absolute atomic E-state index is 0.0149. The largest absolute Gasteiger partial charge is 0.388 e. The van der Waals surface area contributed by atoms with E-state index in [-0.39, 0.29) is 18.3 Å². The Labute approximate surface area is 100 Å². The molecule has 2 aromatic heterocycles. The van der Waals surface area contributed by atoms with Crippen molar-refractivity contribution >= 4 is 11.7 Å². The van der Waals surface area contributed by atoms with Crippen LogP contribution in [0.5, 0.6) is 0 Å². The number of hydrogen-bond donors (Lipinski definition) is 3. The molecular weight excluding hydrogens is 242 g/mol. The average Bonchev–Trinajstić information content (AvgIpc) is 2.85. The van der Waals surface area contributed by atoms with Crippen molar-refractivity contribution in [1.82, 2.24) is 18.9 Å². The summed E-state index contributed by atoms with van der Waals surface area (Å²) in [5.41, 5.74) is 4.85. The first kappa shape index (κ1) is 11.1. The quantitative estimate of drug-likeness (QED) is 0.522. The first-order chi connectivity index (χ1) is 8.58. The van der Waals surface area contributed by atoms with E-state index in [9.17, 15) is 15.0 Å². The van der Waals surface area contributed by atoms with Crippen LogP contribution in [0.2, 0.25) is 0 Å². The zero-order valence-electron chi connectivity index (χ0n) is 9.17. The van der Waals surface area contributed by atoms with Crippen LogP contribution in [0.1, 0.15) is 6.23 Å². The molecule has 2 aromatic rings. The average molecular weight is 253 g/mol. The molecular formula is C9H11N5O4. The summed E-state index contributed by atoms with van der Waals surface area (Å²) in [6.07, 6.45) is 0.0869. The number of aromatic nitrogens is 4. The lowest BCUT2D eigenvalue weighted by Gasteiger charge is -2.16. The van der Waals surface area contributed by atoms with Gasteiger partial charge in [-0.25, -0.2) is 9.20 Å². The van der Waals surface area contributed by atoms with Crippen molar-refractivity contribution in [3.63, 3.8) is 0 Å². The Morgan fingerprint density at radius 2 is 2.17 bits per heavy atom. The second kappa shape index (κ2) is 3.77. The number of hydrogen-bond acceptors (Lipinski definition) is 7. The number of fused-ring (bicyclic) bond motifs is 1. The Balaban J connectivity index is 2.16. The Hall–Kier alpha value is -1.97. The normalized spacial score (nSPS) is 28.0. The smallest absolute Gasteiger partial charge is 0.357 e. The highest BCUT2D eigenvalue weighted by molar-refractivity contribution is 5.35. The molecule has 4 N–H and O–H groups in total. The van der Waals surface area contributed by atoms with Crippen LogP contribution in [0.25, 0.3) is 5.78 Å². The molecule has 0 radical (unpaired) electrons. The highest BCUT2D eigenvalue weighted by Gasteiger charge is 2.36. The van der Waals surface area contributed by atoms with Gasteiger partial charge >= 0.3 is 5.69 Å². The minimum Gasteiger partial charge on any atom is -0.388 e. The SMILES string of the molecule is Nc1nc(=O)n2ccn([C@@H]3OC[C@@H](O)[C@H]3O)c2n1. The maximum absolute atomic E-state index is 11.5. The van der Waals surface area contributed by atoms with Gasteiger partial charge in [-0.15, -0.1) is 0 Å². The third-order valence-electron chi connectivity index (χ3n) is 2.85. The van der Waals surface area contributed by atoms with Crippen LogP contribution in [-0.2, 0) is 4.74 Å². The molecule has 0 unspecified atom stereocenters. The van der Waals surface area contributed by atoms with Gasteiger partial charge in [-0.3, -0.25) is 4.57 Å². The zero-order valence-corrected chi connectivity index (χ0v) is 9.17. The van der Waals surface area contributed by atoms with Gasteiger partial charge in [0.15, 0.2) is 6.23 Å². The summed E-state index contributed by atoms with van der Waals surface area (Å²) in [4.78, 5) is 18.9. The Kier molecular flexibility index (Phi) is 2.33. The number of nitrogens with zero attached hydrogens (tertiary/aromatic N) is 4. The lowest BCUT2D eigenvalue weighted by atomic mass is 10.2. The fraction of sp³-hybridized carbons (Fsp3) is 0.444. The van der Waals surface area contributed by atoms with Gasteiger partial charge in [0.2, 0.25) is 11.7 Å². The van der Waals surface area contributed by atoms with E-state index in [0.717, 1.165) is 0 Å². The molecule has 18 heavy (non-hydrogen) atoms. The molecule has 0 spiro atoms. The number of nitrogen functional groups attached to an aromatic ring is 1. The molecule has 1 aliphatic heterocycles. The van der Waals surface area contributed by atoms with Gasteiger partial charge in [-0.05, 0) is 0 Å². The summed E-state index contributed by atoms with van der Waals surface area (Å²) in [6, 6.07) is 0. The number of rotatable bonds is 1. The molecule has 1 fully saturated rings. The van der Waals surface area contributed by atoms with Gasteiger partial charge in [0.25, 0.3) is 0 Å². The fourth-order valence-corrected chi connectivity index (χ4v) is 1.96. The molecule has 3 atom stereocenters. The molecule has 9 heteroatoms. The molecule has 0 aliphatic carbocycles. The van der Waals surface area contributed by atoms with Gasteiger partial charge in [0.1, 0.15) is 12.2 Å². The van der Waals surface area contributed by atoms with E-state index in [2.05, 4.69) is 9.97 Å². The first-order valence-corrected chi connectivity index (χ1v) is 5.28. The van der Waals surface area contributed by atoms with E-state index in [1.807, 2.05) is 0 Å². The van der Waals surface area contributed by atoms with Gasteiger partial charge < -0.3 is 20.7 Å². The Morgan fingerprint density at radius 1 is 1.39 bits per heavy atom. The lowest BCUT2D eigenvalue weighted by molar-refractivity contribution is -0.0162. The lowest BCUT2D eigenvalue weighted by Crippen LogP contribution is -2.29. The van der Waals surface area contributed by atoms with Crippen molar-refractivity contribution in [3.05, 3.63) is 22.9 Å². The van der Waals surface area contributed by atoms with Crippen molar-refractivity contribution in [2.45, 2.75) is 18.4 Å². The molecule has 3 rings (SSSR count). The number of ether oxygens (including phenoxy) is 1. The van der Waals surface area contributed by atoms with Crippen LogP contribution < -0.4 is 11.4 Å². The van der Waals surface area contributed by atoms with Crippen LogP contribution in [0.15, 0.2) is 17.2 Å². The standard InChI is InChI=1S/C9H11N5O4/c10-7-11-8-13(1-2-14(8)9(17)12-7)6-5(16)4(15)3-18-6/h1-2,4-6,15-16H,3H2,(H2,10,12,17)/t4-,5-,6-/m1/s1. The summed E-state index contributed by atoms with van der Waals surface area (Å²) >= 11 is 0. The number of imidazole rings is 1. The summed E-state index contributed by atoms with van der Waals surface area (Å²) < 4.78 is 7.86. The summed E-state index contributed by atoms with van der Waals surface area (Å²) in [6.45, 7) is 0.0149. The van der Waals surface area contributed by atoms with Gasteiger partial charge in [-0.2, -0.15) is 9.97 Å². The number of aliphatic hydroxyl groups is 2. The second-order valence-corrected chi connectivity index (χ2v) is 4.02. The van der Waals surface area contributed by atoms with Crippen LogP contribution in [0.3, 0.4) is 0 Å². The van der Waals surface area contributed by atoms with Crippen LogP contribution in [-0.4, -0.2) is 48.0 Å². The maximum Gasteiger partial charge on any atom is 0.357 e. The van der Waals surface area contributed by atoms with E-state index in [4.69, 9.17) is 10.5 Å². The molecule has 1 aliphatic rings. The Morgan fingerprint density at radius 3 is 2.83 bits per heavy atom. The van der Waals surface area contributed by atoms with Gasteiger partial charge in [0.05, 0.1) is 6.61 Å². The van der Waals surface area contributed by atoms with Crippen molar-refractivity contribution in [3.8, 4) is 0 Å². The van der Waals surface area contributed by atoms with Crippen molar-refractivity contribution in [2.24, 2.45) is 0 Å². The summed E-state index contributed by atoms with van der Waals surface area (Å²) in [5.74, 6) is 0.0404. The van der Waals surface area contributed by atoms with E-state index < -0.39 is 24.1 Å². The van der Waals surface area contributed by atoms with Crippen molar-refractivity contribution < 1.29 is 14.9 Å². The zero-order chi connectivity index (χ0) is 12.9. The third-order valence-corrected chi connectivity index (χ3v) is 2.85.